The molecule has 7 nitrogen and oxygen atoms in total. The zero-order chi connectivity index (χ0) is 20.9. The van der Waals surface area contributed by atoms with E-state index in [1.807, 2.05) is 12.1 Å². The van der Waals surface area contributed by atoms with Crippen LogP contribution in [0.1, 0.15) is 26.2 Å². The summed E-state index contributed by atoms with van der Waals surface area (Å²) in [6.07, 6.45) is 2.08. The zero-order valence-electron chi connectivity index (χ0n) is 17.1. The molecule has 3 aliphatic heterocycles. The fourth-order valence-corrected chi connectivity index (χ4v) is 8.70. The van der Waals surface area contributed by atoms with E-state index >= 15 is 0 Å². The third-order valence-corrected chi connectivity index (χ3v) is 10.1. The minimum Gasteiger partial charge on any atom is -0.435 e. The van der Waals surface area contributed by atoms with E-state index in [9.17, 15) is 9.00 Å². The Morgan fingerprint density at radius 1 is 1.30 bits per heavy atom. The number of piperazine rings is 1. The lowest BCUT2D eigenvalue weighted by atomic mass is 10.0. The molecule has 2 unspecified atom stereocenters. The largest absolute Gasteiger partial charge is 0.435 e. The number of amides is 1. The first kappa shape index (κ1) is 20.6. The van der Waals surface area contributed by atoms with Crippen molar-refractivity contribution in [1.29, 1.82) is 0 Å². The van der Waals surface area contributed by atoms with E-state index in [4.69, 9.17) is 21.1 Å². The molecule has 1 aromatic rings. The predicted octanol–water partition coefficient (Wildman–Crippen LogP) is 2.14. The van der Waals surface area contributed by atoms with Gasteiger partial charge in [-0.1, -0.05) is 24.9 Å². The van der Waals surface area contributed by atoms with Crippen molar-refractivity contribution in [2.24, 2.45) is 0 Å². The maximum absolute atomic E-state index is 14.7. The Labute approximate surface area is 182 Å². The van der Waals surface area contributed by atoms with E-state index in [0.717, 1.165) is 35.7 Å². The number of carbonyl (C=O) groups is 1. The number of ether oxygens (including phenoxy) is 2. The lowest BCUT2D eigenvalue weighted by Crippen LogP contribution is -2.58. The summed E-state index contributed by atoms with van der Waals surface area (Å²) in [4.78, 5) is 16.3. The Kier molecular flexibility index (Phi) is 5.26. The van der Waals surface area contributed by atoms with Gasteiger partial charge in [-0.3, -0.25) is 0 Å². The highest BCUT2D eigenvalue weighted by Gasteiger charge is 2.72. The van der Waals surface area contributed by atoms with Gasteiger partial charge in [0.1, 0.15) is 0 Å². The molecule has 0 bridgehead atoms. The molecule has 1 N–H and O–H groups in total. The van der Waals surface area contributed by atoms with Crippen molar-refractivity contribution in [2.45, 2.75) is 48.8 Å². The Bertz CT molecular complexity index is 954. The number of hydrogen-bond acceptors (Lipinski definition) is 5. The third-order valence-electron chi connectivity index (χ3n) is 6.59. The molecule has 164 valence electrons. The summed E-state index contributed by atoms with van der Waals surface area (Å²) in [5, 5.41) is 3.86. The van der Waals surface area contributed by atoms with Gasteiger partial charge in [-0.15, -0.1) is 0 Å². The van der Waals surface area contributed by atoms with Crippen molar-refractivity contribution >= 4 is 32.3 Å². The topological polar surface area (TPSA) is 71.1 Å². The van der Waals surface area contributed by atoms with Crippen molar-refractivity contribution in [3.63, 3.8) is 0 Å². The molecule has 1 amide bonds. The van der Waals surface area contributed by atoms with Crippen LogP contribution in [0.5, 0.6) is 0 Å². The van der Waals surface area contributed by atoms with Crippen molar-refractivity contribution in [3.05, 3.63) is 29.3 Å². The molecule has 0 radical (unpaired) electrons. The van der Waals surface area contributed by atoms with Gasteiger partial charge in [0.05, 0.1) is 33.8 Å². The van der Waals surface area contributed by atoms with E-state index in [1.54, 1.807) is 17.0 Å². The number of morpholine rings is 1. The van der Waals surface area contributed by atoms with Crippen LogP contribution < -0.4 is 5.32 Å². The second-order valence-electron chi connectivity index (χ2n) is 8.43. The van der Waals surface area contributed by atoms with Gasteiger partial charge in [0.2, 0.25) is 0 Å². The number of carbonyl (C=O) groups excluding carboxylic acids is 1. The molecule has 5 rings (SSSR count). The number of nitrogens with zero attached hydrogens (tertiary/aromatic N) is 2. The first-order valence-electron chi connectivity index (χ1n) is 10.7. The summed E-state index contributed by atoms with van der Waals surface area (Å²) >= 11 is 6.10. The maximum atomic E-state index is 14.7. The Hall–Kier alpha value is -1.32. The SMILES string of the molecule is CCC[C@@H]1COC[C@H]2N1S(=O)(c1ccc(Cl)cc1)=C1CC12OC(=O)N1CCNCC1. The highest BCUT2D eigenvalue weighted by molar-refractivity contribution is 8.01. The first-order valence-corrected chi connectivity index (χ1v) is 12.6. The Morgan fingerprint density at radius 3 is 2.73 bits per heavy atom. The van der Waals surface area contributed by atoms with Gasteiger partial charge >= 0.3 is 6.09 Å². The van der Waals surface area contributed by atoms with Crippen molar-refractivity contribution in [2.75, 3.05) is 39.4 Å². The number of hydrogen-bond donors (Lipinski definition) is 1. The average Bonchev–Trinajstić information content (AvgIpc) is 3.45. The second-order valence-corrected chi connectivity index (χ2v) is 11.3. The Balaban J connectivity index is 1.55. The monoisotopic (exact) mass is 453 g/mol. The fraction of sp³-hybridized carbons (Fsp3) is 0.619. The molecular weight excluding hydrogens is 426 g/mol. The Morgan fingerprint density at radius 2 is 2.03 bits per heavy atom. The normalized spacial score (nSPS) is 35.7. The van der Waals surface area contributed by atoms with Gasteiger partial charge in [0.25, 0.3) is 0 Å². The lowest BCUT2D eigenvalue weighted by Gasteiger charge is -2.43. The second kappa shape index (κ2) is 7.67. The van der Waals surface area contributed by atoms with Crippen molar-refractivity contribution in [3.8, 4) is 0 Å². The predicted molar refractivity (Wildman–Crippen MR) is 116 cm³/mol. The molecule has 1 aromatic carbocycles. The molecule has 4 atom stereocenters. The van der Waals surface area contributed by atoms with Gasteiger partial charge in [-0.05, 0) is 30.7 Å². The molecule has 3 heterocycles. The maximum Gasteiger partial charge on any atom is 0.410 e. The highest BCUT2D eigenvalue weighted by Crippen LogP contribution is 2.54. The molecular formula is C21H28ClN3O4S. The van der Waals surface area contributed by atoms with Crippen LogP contribution in [0.4, 0.5) is 4.79 Å². The number of rotatable bonds is 4. The van der Waals surface area contributed by atoms with Crippen LogP contribution >= 0.6 is 11.6 Å². The molecule has 4 aliphatic rings. The van der Waals surface area contributed by atoms with Gasteiger partial charge in [0, 0.05) is 48.6 Å². The van der Waals surface area contributed by atoms with Crippen LogP contribution in [0.3, 0.4) is 0 Å². The molecule has 1 aliphatic carbocycles. The van der Waals surface area contributed by atoms with Crippen LogP contribution in [0, 0.1) is 0 Å². The third kappa shape index (κ3) is 3.07. The molecule has 9 heteroatoms. The summed E-state index contributed by atoms with van der Waals surface area (Å²) < 4.78 is 28.9. The van der Waals surface area contributed by atoms with E-state index in [2.05, 4.69) is 16.5 Å². The molecule has 0 aromatic heterocycles. The van der Waals surface area contributed by atoms with Gasteiger partial charge in [0.15, 0.2) is 5.60 Å². The van der Waals surface area contributed by atoms with E-state index in [1.165, 1.54) is 0 Å². The number of benzene rings is 1. The van der Waals surface area contributed by atoms with Crippen LogP contribution in [-0.2, 0) is 19.2 Å². The first-order chi connectivity index (χ1) is 14.5. The van der Waals surface area contributed by atoms with Crippen molar-refractivity contribution < 1.29 is 18.5 Å². The number of halogens is 1. The quantitative estimate of drug-likeness (QED) is 0.707. The van der Waals surface area contributed by atoms with E-state index < -0.39 is 15.3 Å². The highest BCUT2D eigenvalue weighted by atomic mass is 35.5. The van der Waals surface area contributed by atoms with Gasteiger partial charge in [-0.2, -0.15) is 0 Å². The summed E-state index contributed by atoms with van der Waals surface area (Å²) in [6.45, 7) is 5.86. The summed E-state index contributed by atoms with van der Waals surface area (Å²) in [7, 11) is -2.66. The number of nitrogens with one attached hydrogen (secondary N) is 1. The molecule has 1 saturated carbocycles. The average molecular weight is 454 g/mol. The number of fused-ring (bicyclic) bond motifs is 3. The van der Waals surface area contributed by atoms with Crippen LogP contribution in [0.15, 0.2) is 29.2 Å². The van der Waals surface area contributed by atoms with Crippen LogP contribution in [0.25, 0.3) is 0 Å². The smallest absolute Gasteiger partial charge is 0.410 e. The molecule has 2 saturated heterocycles. The standard InChI is InChI=1S/C21H28ClN3O4S/c1-2-3-16-13-28-14-18-21(29-20(26)24-10-8-23-9-11-24)12-19(21)30(27,25(16)18)17-6-4-15(22)5-7-17/h4-7,16,18,23H,2-3,8-14H2,1H3/t16-,18-,21?,30?/m1/s1. The van der Waals surface area contributed by atoms with E-state index in [-0.39, 0.29) is 18.2 Å². The van der Waals surface area contributed by atoms with Crippen LogP contribution in [0.2, 0.25) is 5.02 Å². The summed E-state index contributed by atoms with van der Waals surface area (Å²) in [5.41, 5.74) is -0.814. The summed E-state index contributed by atoms with van der Waals surface area (Å²) in [6, 6.07) is 7.08. The molecule has 3 fully saturated rings. The molecule has 0 spiro atoms. The lowest BCUT2D eigenvalue weighted by molar-refractivity contribution is -0.0599. The summed E-state index contributed by atoms with van der Waals surface area (Å²) in [5.74, 6) is 0. The zero-order valence-corrected chi connectivity index (χ0v) is 18.7. The fourth-order valence-electron chi connectivity index (χ4n) is 5.06. The van der Waals surface area contributed by atoms with Crippen molar-refractivity contribution in [1.82, 2.24) is 14.5 Å². The van der Waals surface area contributed by atoms with E-state index in [0.29, 0.717) is 37.7 Å². The van der Waals surface area contributed by atoms with Gasteiger partial charge in [-0.25, -0.2) is 13.3 Å². The minimum absolute atomic E-state index is 0.0343. The minimum atomic E-state index is -2.66. The molecule has 30 heavy (non-hydrogen) atoms. The van der Waals surface area contributed by atoms with Gasteiger partial charge < -0.3 is 19.7 Å². The van der Waals surface area contributed by atoms with Crippen LogP contribution in [-0.4, -0.2) is 81.4 Å².